The zero-order valence-electron chi connectivity index (χ0n) is 18.0. The molecule has 0 saturated carbocycles. The first-order valence-corrected chi connectivity index (χ1v) is 10.1. The summed E-state index contributed by atoms with van der Waals surface area (Å²) in [5.41, 5.74) is -0.856. The molecule has 1 saturated heterocycles. The molecule has 5 atom stereocenters. The minimum atomic E-state index is -4.74. The standard InChI is InChI=1S/C18H21F3N2O6S.4Ac/c1-30-9-4-2-8(3-5-9)6-10-15(18(19,20)21)22-23-16(10)29-17-14(27)13(26)12(25)11(7-24)28-17;;;;/h2-5,11-14,17,24-27H,6-7H2,1H3,(H,22,23);;;;/t11-,12-,13+,14-,17+;;;;/m1..../s1. The van der Waals surface area contributed by atoms with Gasteiger partial charge in [-0.1, -0.05) is 12.1 Å². The van der Waals surface area contributed by atoms with Crippen LogP contribution in [0.1, 0.15) is 16.8 Å². The predicted octanol–water partition coefficient (Wildman–Crippen LogP) is 0.920. The molecule has 4 radical (unpaired) electrons. The van der Waals surface area contributed by atoms with Crippen molar-refractivity contribution in [3.05, 3.63) is 41.1 Å². The molecule has 0 unspecified atom stereocenters. The van der Waals surface area contributed by atoms with Gasteiger partial charge in [-0.25, -0.2) is 0 Å². The molecule has 1 aromatic carbocycles. The number of benzene rings is 1. The molecule has 5 N–H and O–H groups in total. The molecule has 0 spiro atoms. The molecule has 1 aliphatic heterocycles. The van der Waals surface area contributed by atoms with Crippen molar-refractivity contribution in [2.75, 3.05) is 12.9 Å². The number of aliphatic hydroxyl groups is 4. The largest absolute Gasteiger partial charge is 0.443 e. The fourth-order valence-corrected chi connectivity index (χ4v) is 3.48. The maximum atomic E-state index is 13.5. The van der Waals surface area contributed by atoms with E-state index in [1.165, 1.54) is 11.8 Å². The number of nitrogens with one attached hydrogen (secondary N) is 1. The Hall–Kier alpha value is 3.94. The number of aromatic nitrogens is 2. The first-order chi connectivity index (χ1) is 14.2. The molecule has 0 amide bonds. The Morgan fingerprint density at radius 2 is 1.62 bits per heavy atom. The van der Waals surface area contributed by atoms with Crippen LogP contribution in [-0.2, 0) is 17.3 Å². The fraction of sp³-hybridized carbons (Fsp3) is 0.500. The van der Waals surface area contributed by atoms with Gasteiger partial charge in [0.05, 0.1) is 12.2 Å². The van der Waals surface area contributed by atoms with Crippen LogP contribution in [0.5, 0.6) is 5.88 Å². The number of nitrogens with zero attached hydrogens (tertiary/aromatic N) is 1. The molecule has 1 fully saturated rings. The van der Waals surface area contributed by atoms with Crippen molar-refractivity contribution in [3.63, 3.8) is 0 Å². The second-order valence-corrected chi connectivity index (χ2v) is 7.60. The zero-order chi connectivity index (χ0) is 22.1. The van der Waals surface area contributed by atoms with Crippen molar-refractivity contribution in [2.45, 2.75) is 48.2 Å². The van der Waals surface area contributed by atoms with Crippen LogP contribution in [0, 0.1) is 176 Å². The van der Waals surface area contributed by atoms with E-state index in [0.717, 1.165) is 4.90 Å². The zero-order valence-corrected chi connectivity index (χ0v) is 37.8. The molecule has 3 rings (SSSR count). The molecule has 16 heteroatoms. The maximum Gasteiger partial charge on any atom is 0.433 e. The van der Waals surface area contributed by atoms with Crippen LogP contribution in [0.3, 0.4) is 0 Å². The van der Waals surface area contributed by atoms with Crippen LogP contribution in [-0.4, -0.2) is 74.2 Å². The molecule has 0 aliphatic carbocycles. The Balaban J connectivity index is 0. The van der Waals surface area contributed by atoms with Crippen molar-refractivity contribution in [3.8, 4) is 5.88 Å². The van der Waals surface area contributed by atoms with E-state index in [1.807, 2.05) is 11.4 Å². The van der Waals surface area contributed by atoms with Gasteiger partial charge in [-0.05, 0) is 24.0 Å². The van der Waals surface area contributed by atoms with Gasteiger partial charge in [-0.2, -0.15) is 13.2 Å². The van der Waals surface area contributed by atoms with E-state index in [1.54, 1.807) is 24.3 Å². The van der Waals surface area contributed by atoms with Gasteiger partial charge in [0.1, 0.15) is 30.1 Å². The van der Waals surface area contributed by atoms with E-state index >= 15 is 0 Å². The number of hydrogen-bond acceptors (Lipinski definition) is 8. The van der Waals surface area contributed by atoms with Gasteiger partial charge in [0.15, 0.2) is 0 Å². The number of rotatable bonds is 6. The molecule has 2 heterocycles. The van der Waals surface area contributed by atoms with Crippen molar-refractivity contribution < 1.29 is 219 Å². The van der Waals surface area contributed by atoms with Crippen LogP contribution < -0.4 is 4.74 Å². The molecular weight excluding hydrogens is 1340 g/mol. The summed E-state index contributed by atoms with van der Waals surface area (Å²) in [6, 6.07) is 6.89. The van der Waals surface area contributed by atoms with Crippen molar-refractivity contribution in [1.29, 1.82) is 0 Å². The molecule has 2 aromatic rings. The normalized spacial score (nSPS) is 24.1. The Labute approximate surface area is 341 Å². The molecular formula is C18H21Ac4F3N2O6S. The summed E-state index contributed by atoms with van der Waals surface area (Å²) in [4.78, 5) is 0.944. The minimum absolute atomic E-state index is 0. The van der Waals surface area contributed by atoms with Gasteiger partial charge in [-0.15, -0.1) is 16.9 Å². The summed E-state index contributed by atoms with van der Waals surface area (Å²) in [6.45, 7) is -0.701. The van der Waals surface area contributed by atoms with E-state index in [2.05, 4.69) is 5.10 Å². The first-order valence-electron chi connectivity index (χ1n) is 8.90. The number of hydrogen-bond donors (Lipinski definition) is 5. The monoisotopic (exact) mass is 1360 g/mol. The second kappa shape index (κ2) is 18.4. The Morgan fingerprint density at radius 3 is 2.12 bits per heavy atom. The summed E-state index contributed by atoms with van der Waals surface area (Å²) in [5.74, 6) is -0.472. The number of H-pyrrole nitrogens is 1. The second-order valence-electron chi connectivity index (χ2n) is 6.72. The van der Waals surface area contributed by atoms with Crippen LogP contribution in [0.15, 0.2) is 29.2 Å². The molecule has 0 bridgehead atoms. The Morgan fingerprint density at radius 1 is 1.03 bits per heavy atom. The third-order valence-electron chi connectivity index (χ3n) is 4.73. The average molecular weight is 1360 g/mol. The molecule has 1 aromatic heterocycles. The van der Waals surface area contributed by atoms with E-state index < -0.39 is 55.1 Å². The minimum Gasteiger partial charge on any atom is -0.443 e. The van der Waals surface area contributed by atoms with E-state index in [-0.39, 0.29) is 188 Å². The van der Waals surface area contributed by atoms with Crippen LogP contribution in [0.4, 0.5) is 13.2 Å². The number of halogens is 3. The maximum absolute atomic E-state index is 13.5. The summed E-state index contributed by atoms with van der Waals surface area (Å²) in [7, 11) is 0. The average Bonchev–Trinajstić information content (AvgIpc) is 3.11. The summed E-state index contributed by atoms with van der Waals surface area (Å²) in [5, 5.41) is 44.5. The molecule has 34 heavy (non-hydrogen) atoms. The quantitative estimate of drug-likeness (QED) is 0.271. The predicted molar refractivity (Wildman–Crippen MR) is 99.0 cm³/mol. The smallest absolute Gasteiger partial charge is 0.433 e. The number of ether oxygens (including phenoxy) is 2. The van der Waals surface area contributed by atoms with Gasteiger partial charge in [-0.3, -0.25) is 5.10 Å². The first kappa shape index (κ1) is 40.1. The number of aromatic amines is 1. The number of alkyl halides is 3. The third-order valence-corrected chi connectivity index (χ3v) is 5.47. The molecule has 178 valence electrons. The van der Waals surface area contributed by atoms with Crippen molar-refractivity contribution in [2.24, 2.45) is 0 Å². The van der Waals surface area contributed by atoms with E-state index in [0.29, 0.717) is 5.56 Å². The van der Waals surface area contributed by atoms with Gasteiger partial charge >= 0.3 is 6.18 Å². The number of thioether (sulfide) groups is 1. The molecule has 8 nitrogen and oxygen atoms in total. The van der Waals surface area contributed by atoms with Crippen LogP contribution in [0.25, 0.3) is 0 Å². The SMILES string of the molecule is CSc1ccc(Cc2c(O[C@@H]3O[C@H](CO)[C@@H](O)[C@H](O)[C@H]3O)n[nH]c2C(F)(F)F)cc1.[Ac].[Ac].[Ac].[Ac]. The topological polar surface area (TPSA) is 128 Å². The van der Waals surface area contributed by atoms with Gasteiger partial charge in [0.25, 0.3) is 0 Å². The van der Waals surface area contributed by atoms with Crippen molar-refractivity contribution >= 4 is 11.8 Å². The van der Waals surface area contributed by atoms with Gasteiger partial charge < -0.3 is 29.9 Å². The third kappa shape index (κ3) is 10.4. The Bertz CT molecular complexity index is 863. The van der Waals surface area contributed by atoms with Gasteiger partial charge in [0, 0.05) is 188 Å². The van der Waals surface area contributed by atoms with Crippen LogP contribution >= 0.6 is 11.8 Å². The van der Waals surface area contributed by atoms with E-state index in [9.17, 15) is 33.6 Å². The van der Waals surface area contributed by atoms with E-state index in [4.69, 9.17) is 9.47 Å². The summed E-state index contributed by atoms with van der Waals surface area (Å²) in [6.07, 6.45) is -11.1. The Kier molecular flexibility index (Phi) is 21.7. The van der Waals surface area contributed by atoms with Crippen molar-refractivity contribution in [1.82, 2.24) is 10.2 Å². The van der Waals surface area contributed by atoms with Crippen LogP contribution in [0.2, 0.25) is 0 Å². The van der Waals surface area contributed by atoms with Gasteiger partial charge in [0.2, 0.25) is 12.2 Å². The summed E-state index contributed by atoms with van der Waals surface area (Å²) < 4.78 is 50.9. The fourth-order valence-electron chi connectivity index (χ4n) is 3.07. The summed E-state index contributed by atoms with van der Waals surface area (Å²) >= 11 is 1.49. The molecule has 1 aliphatic rings. The number of aliphatic hydroxyl groups excluding tert-OH is 4.